The third-order valence-electron chi connectivity index (χ3n) is 3.50. The molecule has 5 heteroatoms. The second kappa shape index (κ2) is 5.45. The highest BCUT2D eigenvalue weighted by Crippen LogP contribution is 2.29. The van der Waals surface area contributed by atoms with Gasteiger partial charge in [0.2, 0.25) is 0 Å². The number of carbonyl (C=O) groups is 2. The van der Waals surface area contributed by atoms with Gasteiger partial charge in [-0.2, -0.15) is 10.1 Å². The van der Waals surface area contributed by atoms with Gasteiger partial charge in [-0.05, 0) is 38.8 Å². The molecular formula is C15H18N2O3. The van der Waals surface area contributed by atoms with Crippen LogP contribution in [0.3, 0.4) is 0 Å². The smallest absolute Gasteiger partial charge is 0.303 e. The molecule has 1 aliphatic rings. The number of hydrogen-bond acceptors (Lipinski definition) is 3. The Labute approximate surface area is 117 Å². The molecular weight excluding hydrogens is 256 g/mol. The number of anilines is 1. The van der Waals surface area contributed by atoms with Crippen molar-refractivity contribution in [1.82, 2.24) is 0 Å². The second-order valence-electron chi connectivity index (χ2n) is 5.17. The van der Waals surface area contributed by atoms with Crippen LogP contribution in [0, 0.1) is 19.8 Å². The number of hydrogen-bond donors (Lipinski definition) is 1. The molecule has 0 saturated carbocycles. The van der Waals surface area contributed by atoms with E-state index in [1.165, 1.54) is 5.01 Å². The van der Waals surface area contributed by atoms with E-state index in [9.17, 15) is 9.59 Å². The molecule has 5 nitrogen and oxygen atoms in total. The van der Waals surface area contributed by atoms with E-state index in [-0.39, 0.29) is 12.3 Å². The van der Waals surface area contributed by atoms with Crippen LogP contribution >= 0.6 is 0 Å². The topological polar surface area (TPSA) is 70.0 Å². The van der Waals surface area contributed by atoms with E-state index < -0.39 is 11.9 Å². The summed E-state index contributed by atoms with van der Waals surface area (Å²) in [6.45, 7) is 5.70. The van der Waals surface area contributed by atoms with Crippen LogP contribution in [0.1, 0.15) is 30.9 Å². The van der Waals surface area contributed by atoms with Crippen molar-refractivity contribution < 1.29 is 14.7 Å². The predicted octanol–water partition coefficient (Wildman–Crippen LogP) is 2.51. The molecule has 0 radical (unpaired) electrons. The summed E-state index contributed by atoms with van der Waals surface area (Å²) in [6.07, 6.45) is 0.273. The predicted molar refractivity (Wildman–Crippen MR) is 76.9 cm³/mol. The van der Waals surface area contributed by atoms with E-state index in [4.69, 9.17) is 5.11 Å². The van der Waals surface area contributed by atoms with Crippen molar-refractivity contribution in [3.63, 3.8) is 0 Å². The molecule has 0 saturated heterocycles. The fraction of sp³-hybridized carbons (Fsp3) is 0.400. The Hall–Kier alpha value is -2.17. The number of carboxylic acids is 1. The first-order valence-electron chi connectivity index (χ1n) is 6.58. The van der Waals surface area contributed by atoms with E-state index in [0.717, 1.165) is 16.8 Å². The SMILES string of the molecule is CC1=NN(c2ccc(C)cc2C)C(=O)C1CCC(=O)O. The monoisotopic (exact) mass is 274 g/mol. The van der Waals surface area contributed by atoms with Crippen molar-refractivity contribution in [2.75, 3.05) is 5.01 Å². The minimum absolute atomic E-state index is 0.0238. The van der Waals surface area contributed by atoms with Crippen LogP contribution in [0.25, 0.3) is 0 Å². The van der Waals surface area contributed by atoms with Gasteiger partial charge in [-0.1, -0.05) is 17.7 Å². The van der Waals surface area contributed by atoms with Gasteiger partial charge in [0, 0.05) is 12.1 Å². The van der Waals surface area contributed by atoms with Crippen LogP contribution in [0.5, 0.6) is 0 Å². The van der Waals surface area contributed by atoms with Gasteiger partial charge in [-0.15, -0.1) is 0 Å². The molecule has 0 spiro atoms. The maximum absolute atomic E-state index is 12.4. The lowest BCUT2D eigenvalue weighted by molar-refractivity contribution is -0.137. The van der Waals surface area contributed by atoms with E-state index >= 15 is 0 Å². The van der Waals surface area contributed by atoms with E-state index in [1.807, 2.05) is 32.0 Å². The van der Waals surface area contributed by atoms with Crippen LogP contribution in [-0.2, 0) is 9.59 Å². The van der Waals surface area contributed by atoms with Crippen molar-refractivity contribution in [2.24, 2.45) is 11.0 Å². The lowest BCUT2D eigenvalue weighted by Crippen LogP contribution is -2.28. The summed E-state index contributed by atoms with van der Waals surface area (Å²) in [4.78, 5) is 23.0. The summed E-state index contributed by atoms with van der Waals surface area (Å²) in [7, 11) is 0. The first kappa shape index (κ1) is 14.2. The Morgan fingerprint density at radius 3 is 2.65 bits per heavy atom. The highest BCUT2D eigenvalue weighted by molar-refractivity contribution is 6.15. The number of hydrazone groups is 1. The minimum atomic E-state index is -0.893. The molecule has 0 bridgehead atoms. The van der Waals surface area contributed by atoms with E-state index in [2.05, 4.69) is 5.10 Å². The summed E-state index contributed by atoms with van der Waals surface area (Å²) in [5, 5.41) is 14.4. The number of rotatable bonds is 4. The number of amides is 1. The normalized spacial score (nSPS) is 18.4. The zero-order valence-corrected chi connectivity index (χ0v) is 11.9. The highest BCUT2D eigenvalue weighted by atomic mass is 16.4. The molecule has 1 heterocycles. The third kappa shape index (κ3) is 2.71. The average molecular weight is 274 g/mol. The number of carboxylic acid groups (broad SMARTS) is 1. The number of benzene rings is 1. The number of nitrogens with zero attached hydrogens (tertiary/aromatic N) is 2. The Morgan fingerprint density at radius 2 is 2.05 bits per heavy atom. The lowest BCUT2D eigenvalue weighted by atomic mass is 9.98. The van der Waals surface area contributed by atoms with Gasteiger partial charge in [0.15, 0.2) is 0 Å². The first-order chi connectivity index (χ1) is 9.40. The van der Waals surface area contributed by atoms with Gasteiger partial charge < -0.3 is 5.11 Å². The summed E-state index contributed by atoms with van der Waals surface area (Å²) in [5.74, 6) is -1.46. The molecule has 1 N–H and O–H groups in total. The van der Waals surface area contributed by atoms with Gasteiger partial charge >= 0.3 is 5.97 Å². The maximum atomic E-state index is 12.4. The first-order valence-corrected chi connectivity index (χ1v) is 6.58. The van der Waals surface area contributed by atoms with Crippen molar-refractivity contribution in [2.45, 2.75) is 33.6 Å². The molecule has 1 atom stereocenters. The summed E-state index contributed by atoms with van der Waals surface area (Å²) >= 11 is 0. The molecule has 20 heavy (non-hydrogen) atoms. The molecule has 0 fully saturated rings. The van der Waals surface area contributed by atoms with Crippen molar-refractivity contribution in [3.8, 4) is 0 Å². The standard InChI is InChI=1S/C15H18N2O3/c1-9-4-6-13(10(2)8-9)17-15(20)12(11(3)16-17)5-7-14(18)19/h4,6,8,12H,5,7H2,1-3H3,(H,18,19). The molecule has 106 valence electrons. The van der Waals surface area contributed by atoms with Crippen LogP contribution in [0.15, 0.2) is 23.3 Å². The van der Waals surface area contributed by atoms with E-state index in [1.54, 1.807) is 6.92 Å². The number of aryl methyl sites for hydroxylation is 2. The largest absolute Gasteiger partial charge is 0.481 e. The van der Waals surface area contributed by atoms with Gasteiger partial charge in [0.05, 0.1) is 11.6 Å². The number of aliphatic carboxylic acids is 1. The molecule has 1 aromatic carbocycles. The highest BCUT2D eigenvalue weighted by Gasteiger charge is 2.34. The Morgan fingerprint density at radius 1 is 1.35 bits per heavy atom. The number of carbonyl (C=O) groups excluding carboxylic acids is 1. The van der Waals surface area contributed by atoms with E-state index in [0.29, 0.717) is 12.1 Å². The fourth-order valence-electron chi connectivity index (χ4n) is 2.42. The Balaban J connectivity index is 2.23. The van der Waals surface area contributed by atoms with Crippen molar-refractivity contribution in [1.29, 1.82) is 0 Å². The lowest BCUT2D eigenvalue weighted by Gasteiger charge is -2.16. The van der Waals surface area contributed by atoms with Gasteiger partial charge in [-0.3, -0.25) is 9.59 Å². The molecule has 2 rings (SSSR count). The van der Waals surface area contributed by atoms with Crippen molar-refractivity contribution in [3.05, 3.63) is 29.3 Å². The van der Waals surface area contributed by atoms with Crippen LogP contribution < -0.4 is 5.01 Å². The molecule has 1 aliphatic heterocycles. The summed E-state index contributed by atoms with van der Waals surface area (Å²) in [5.41, 5.74) is 3.55. The summed E-state index contributed by atoms with van der Waals surface area (Å²) < 4.78 is 0. The van der Waals surface area contributed by atoms with Crippen LogP contribution in [0.4, 0.5) is 5.69 Å². The zero-order chi connectivity index (χ0) is 14.9. The maximum Gasteiger partial charge on any atom is 0.303 e. The second-order valence-corrected chi connectivity index (χ2v) is 5.17. The van der Waals surface area contributed by atoms with Crippen molar-refractivity contribution >= 4 is 23.3 Å². The molecule has 1 aromatic rings. The average Bonchev–Trinajstić information content (AvgIpc) is 2.62. The zero-order valence-electron chi connectivity index (χ0n) is 11.9. The van der Waals surface area contributed by atoms with Crippen LogP contribution in [0.2, 0.25) is 0 Å². The molecule has 1 amide bonds. The molecule has 0 aliphatic carbocycles. The van der Waals surface area contributed by atoms with Crippen LogP contribution in [-0.4, -0.2) is 22.7 Å². The van der Waals surface area contributed by atoms with Gasteiger partial charge in [0.1, 0.15) is 0 Å². The van der Waals surface area contributed by atoms with Gasteiger partial charge in [0.25, 0.3) is 5.91 Å². The fourth-order valence-corrected chi connectivity index (χ4v) is 2.42. The Bertz CT molecular complexity index is 593. The van der Waals surface area contributed by atoms with Gasteiger partial charge in [-0.25, -0.2) is 0 Å². The molecule has 0 aromatic heterocycles. The minimum Gasteiger partial charge on any atom is -0.481 e. The summed E-state index contributed by atoms with van der Waals surface area (Å²) in [6, 6.07) is 5.81. The Kier molecular flexibility index (Phi) is 3.88. The quantitative estimate of drug-likeness (QED) is 0.917. The third-order valence-corrected chi connectivity index (χ3v) is 3.50. The molecule has 1 unspecified atom stereocenters.